The average Bonchev–Trinajstić information content (AvgIpc) is 3.09. The van der Waals surface area contributed by atoms with Gasteiger partial charge in [-0.05, 0) is 49.2 Å². The van der Waals surface area contributed by atoms with Crippen molar-refractivity contribution in [1.82, 2.24) is 14.9 Å². The van der Waals surface area contributed by atoms with Gasteiger partial charge in [-0.1, -0.05) is 24.4 Å². The van der Waals surface area contributed by atoms with Crippen LogP contribution < -0.4 is 10.2 Å². The summed E-state index contributed by atoms with van der Waals surface area (Å²) in [5.74, 6) is 2.60. The van der Waals surface area contributed by atoms with Crippen molar-refractivity contribution in [3.63, 3.8) is 0 Å². The lowest BCUT2D eigenvalue weighted by atomic mass is 10.1. The number of furan rings is 1. The van der Waals surface area contributed by atoms with Gasteiger partial charge in [0.15, 0.2) is 0 Å². The van der Waals surface area contributed by atoms with Crippen LogP contribution in [0, 0.1) is 0 Å². The maximum Gasteiger partial charge on any atom is 0.416 e. The Morgan fingerprint density at radius 2 is 1.80 bits per heavy atom. The number of hydrogen-bond donors (Lipinski definition) is 1. The topological polar surface area (TPSA) is 57.4 Å². The number of alkyl halides is 3. The third-order valence-electron chi connectivity index (χ3n) is 6.46. The molecular formula is C25H27ClF3N5O. The first-order valence-corrected chi connectivity index (χ1v) is 12.3. The Morgan fingerprint density at radius 3 is 2.54 bits per heavy atom. The highest BCUT2D eigenvalue weighted by atomic mass is 35.5. The molecule has 0 atom stereocenters. The Labute approximate surface area is 207 Å². The van der Waals surface area contributed by atoms with Crippen LogP contribution in [-0.2, 0) is 12.7 Å². The van der Waals surface area contributed by atoms with Crippen LogP contribution in [0.1, 0.15) is 37.0 Å². The molecule has 0 aliphatic carbocycles. The van der Waals surface area contributed by atoms with Gasteiger partial charge in [0.25, 0.3) is 0 Å². The summed E-state index contributed by atoms with van der Waals surface area (Å²) in [4.78, 5) is 13.6. The Morgan fingerprint density at radius 1 is 1.03 bits per heavy atom. The molecule has 1 N–H and O–H groups in total. The molecule has 5 rings (SSSR count). The SMILES string of the molecule is FC(F)(F)c1ccc(Cl)c(-c2ccc(CN3CC(Nc4nccc(N5CCCCCC5)n4)C3)o2)c1. The molecule has 0 unspecified atom stereocenters. The molecule has 2 aliphatic heterocycles. The highest BCUT2D eigenvalue weighted by Gasteiger charge is 2.32. The molecular weight excluding hydrogens is 479 g/mol. The number of rotatable bonds is 6. The molecule has 0 radical (unpaired) electrons. The first-order chi connectivity index (χ1) is 16.8. The fourth-order valence-corrected chi connectivity index (χ4v) is 4.80. The summed E-state index contributed by atoms with van der Waals surface area (Å²) < 4.78 is 45.1. The van der Waals surface area contributed by atoms with Crippen LogP contribution in [-0.4, -0.2) is 47.1 Å². The van der Waals surface area contributed by atoms with Crippen LogP contribution in [0.25, 0.3) is 11.3 Å². The zero-order valence-electron chi connectivity index (χ0n) is 19.2. The van der Waals surface area contributed by atoms with Crippen molar-refractivity contribution in [1.29, 1.82) is 0 Å². The summed E-state index contributed by atoms with van der Waals surface area (Å²) >= 11 is 6.14. The summed E-state index contributed by atoms with van der Waals surface area (Å²) in [6, 6.07) is 8.87. The molecule has 35 heavy (non-hydrogen) atoms. The Bertz CT molecular complexity index is 1150. The molecule has 4 heterocycles. The second kappa shape index (κ2) is 10.1. The Balaban J connectivity index is 1.16. The highest BCUT2D eigenvalue weighted by Crippen LogP contribution is 2.36. The second-order valence-corrected chi connectivity index (χ2v) is 9.54. The number of nitrogens with one attached hydrogen (secondary N) is 1. The molecule has 0 bridgehead atoms. The van der Waals surface area contributed by atoms with E-state index in [0.29, 0.717) is 24.0 Å². The van der Waals surface area contributed by atoms with E-state index in [1.54, 1.807) is 18.3 Å². The maximum absolute atomic E-state index is 13.1. The van der Waals surface area contributed by atoms with Gasteiger partial charge in [0, 0.05) is 37.9 Å². The predicted molar refractivity (Wildman–Crippen MR) is 130 cm³/mol. The van der Waals surface area contributed by atoms with Gasteiger partial charge in [0.1, 0.15) is 17.3 Å². The molecule has 2 fully saturated rings. The normalized spacial score (nSPS) is 17.8. The summed E-state index contributed by atoms with van der Waals surface area (Å²) in [5, 5.41) is 3.62. The van der Waals surface area contributed by atoms with Crippen molar-refractivity contribution >= 4 is 23.4 Å². The fraction of sp³-hybridized carbons (Fsp3) is 0.440. The van der Waals surface area contributed by atoms with Gasteiger partial charge in [-0.3, -0.25) is 4.90 Å². The lowest BCUT2D eigenvalue weighted by Gasteiger charge is -2.39. The number of halogens is 4. The van der Waals surface area contributed by atoms with Gasteiger partial charge < -0.3 is 14.6 Å². The van der Waals surface area contributed by atoms with E-state index in [1.165, 1.54) is 31.7 Å². The lowest BCUT2D eigenvalue weighted by Crippen LogP contribution is -2.54. The van der Waals surface area contributed by atoms with Gasteiger partial charge in [-0.2, -0.15) is 18.2 Å². The van der Waals surface area contributed by atoms with Crippen molar-refractivity contribution in [2.24, 2.45) is 0 Å². The third kappa shape index (κ3) is 5.73. The summed E-state index contributed by atoms with van der Waals surface area (Å²) in [5.41, 5.74) is -0.522. The molecule has 1 aromatic carbocycles. The van der Waals surface area contributed by atoms with Crippen molar-refractivity contribution in [2.45, 2.75) is 44.4 Å². The minimum absolute atomic E-state index is 0.217. The first kappa shape index (κ1) is 23.9. The highest BCUT2D eigenvalue weighted by molar-refractivity contribution is 6.33. The molecule has 10 heteroatoms. The molecule has 0 spiro atoms. The van der Waals surface area contributed by atoms with Crippen LogP contribution in [0.5, 0.6) is 0 Å². The van der Waals surface area contributed by atoms with Crippen LogP contribution >= 0.6 is 11.6 Å². The van der Waals surface area contributed by atoms with Crippen molar-refractivity contribution in [3.8, 4) is 11.3 Å². The minimum atomic E-state index is -4.44. The standard InChI is InChI=1S/C25H27ClF3N5O/c26-21-7-5-17(25(27,28)29)13-20(21)22-8-6-19(35-22)16-33-14-18(15-33)31-24-30-10-9-23(32-24)34-11-3-1-2-4-12-34/h5-10,13,18H,1-4,11-12,14-16H2,(H,30,31,32). The predicted octanol–water partition coefficient (Wildman–Crippen LogP) is 6.09. The summed E-state index contributed by atoms with van der Waals surface area (Å²) in [6.07, 6.45) is 2.29. The van der Waals surface area contributed by atoms with Crippen LogP contribution in [0.4, 0.5) is 24.9 Å². The molecule has 2 aliphatic rings. The number of aromatic nitrogens is 2. The van der Waals surface area contributed by atoms with E-state index in [4.69, 9.17) is 21.0 Å². The van der Waals surface area contributed by atoms with Crippen LogP contribution in [0.3, 0.4) is 0 Å². The Kier molecular flexibility index (Phi) is 6.88. The van der Waals surface area contributed by atoms with Gasteiger partial charge >= 0.3 is 6.18 Å². The second-order valence-electron chi connectivity index (χ2n) is 9.13. The summed E-state index contributed by atoms with van der Waals surface area (Å²) in [7, 11) is 0. The number of nitrogens with zero attached hydrogens (tertiary/aromatic N) is 4. The third-order valence-corrected chi connectivity index (χ3v) is 6.79. The fourth-order valence-electron chi connectivity index (χ4n) is 4.59. The van der Waals surface area contributed by atoms with E-state index in [0.717, 1.165) is 44.1 Å². The number of anilines is 2. The van der Waals surface area contributed by atoms with E-state index in [1.807, 2.05) is 6.07 Å². The zero-order valence-corrected chi connectivity index (χ0v) is 19.9. The molecule has 186 valence electrons. The van der Waals surface area contributed by atoms with Crippen molar-refractivity contribution in [2.75, 3.05) is 36.4 Å². The van der Waals surface area contributed by atoms with Gasteiger partial charge in [0.05, 0.1) is 23.2 Å². The van der Waals surface area contributed by atoms with E-state index in [-0.39, 0.29) is 16.6 Å². The number of benzene rings is 1. The van der Waals surface area contributed by atoms with Gasteiger partial charge in [-0.25, -0.2) is 4.98 Å². The quantitative estimate of drug-likeness (QED) is 0.438. The van der Waals surface area contributed by atoms with E-state index in [9.17, 15) is 13.2 Å². The molecule has 0 amide bonds. The van der Waals surface area contributed by atoms with Gasteiger partial charge in [-0.15, -0.1) is 0 Å². The monoisotopic (exact) mass is 505 g/mol. The van der Waals surface area contributed by atoms with Gasteiger partial charge in [0.2, 0.25) is 5.95 Å². The molecule has 2 saturated heterocycles. The lowest BCUT2D eigenvalue weighted by molar-refractivity contribution is -0.137. The maximum atomic E-state index is 13.1. The minimum Gasteiger partial charge on any atom is -0.460 e. The molecule has 3 aromatic rings. The van der Waals surface area contributed by atoms with Crippen molar-refractivity contribution in [3.05, 3.63) is 58.9 Å². The van der Waals surface area contributed by atoms with E-state index in [2.05, 4.69) is 20.1 Å². The van der Waals surface area contributed by atoms with Crippen molar-refractivity contribution < 1.29 is 17.6 Å². The molecule has 0 saturated carbocycles. The zero-order chi connectivity index (χ0) is 24.4. The smallest absolute Gasteiger partial charge is 0.416 e. The Hall–Kier alpha value is -2.78. The van der Waals surface area contributed by atoms with Crippen LogP contribution in [0.2, 0.25) is 5.02 Å². The first-order valence-electron chi connectivity index (χ1n) is 11.9. The largest absolute Gasteiger partial charge is 0.460 e. The number of likely N-dealkylation sites (tertiary alicyclic amines) is 1. The number of hydrogen-bond acceptors (Lipinski definition) is 6. The molecule has 6 nitrogen and oxygen atoms in total. The summed E-state index contributed by atoms with van der Waals surface area (Å²) in [6.45, 7) is 4.20. The van der Waals surface area contributed by atoms with E-state index >= 15 is 0 Å². The molecule has 2 aromatic heterocycles. The van der Waals surface area contributed by atoms with E-state index < -0.39 is 11.7 Å². The average molecular weight is 506 g/mol. The van der Waals surface area contributed by atoms with Crippen LogP contribution in [0.15, 0.2) is 47.0 Å².